The Labute approximate surface area is 237 Å². The second-order valence-corrected chi connectivity index (χ2v) is 10.6. The van der Waals surface area contributed by atoms with Crippen LogP contribution in [0, 0.1) is 0 Å². The van der Waals surface area contributed by atoms with Gasteiger partial charge < -0.3 is 13.9 Å². The van der Waals surface area contributed by atoms with Gasteiger partial charge in [0, 0.05) is 44.9 Å². The highest BCUT2D eigenvalue weighted by molar-refractivity contribution is 6.12. The van der Waals surface area contributed by atoms with E-state index < -0.39 is 0 Å². The minimum absolute atomic E-state index is 0.898. The molecule has 1 aliphatic heterocycles. The van der Waals surface area contributed by atoms with Crippen molar-refractivity contribution in [3.63, 3.8) is 0 Å². The lowest BCUT2D eigenvalue weighted by molar-refractivity contribution is 0.669. The van der Waals surface area contributed by atoms with Crippen molar-refractivity contribution in [1.29, 1.82) is 0 Å². The molecule has 9 rings (SSSR count). The number of anilines is 3. The van der Waals surface area contributed by atoms with E-state index in [0.717, 1.165) is 44.7 Å². The highest BCUT2D eigenvalue weighted by atomic mass is 16.3. The van der Waals surface area contributed by atoms with Crippen LogP contribution >= 0.6 is 0 Å². The van der Waals surface area contributed by atoms with Gasteiger partial charge in [-0.15, -0.1) is 0 Å². The molecule has 2 aromatic heterocycles. The zero-order valence-corrected chi connectivity index (χ0v) is 22.2. The number of benzene rings is 6. The van der Waals surface area contributed by atoms with Crippen molar-refractivity contribution in [3.05, 3.63) is 146 Å². The Bertz CT molecular complexity index is 2270. The quantitative estimate of drug-likeness (QED) is 0.224. The van der Waals surface area contributed by atoms with Crippen molar-refractivity contribution in [2.45, 2.75) is 0 Å². The molecule has 1 aliphatic rings. The van der Waals surface area contributed by atoms with E-state index in [1.165, 1.54) is 33.2 Å². The van der Waals surface area contributed by atoms with Crippen LogP contribution in [-0.2, 0) is 0 Å². The van der Waals surface area contributed by atoms with Crippen molar-refractivity contribution in [2.75, 3.05) is 4.90 Å². The van der Waals surface area contributed by atoms with Crippen LogP contribution in [0.1, 0.15) is 0 Å². The van der Waals surface area contributed by atoms with Gasteiger partial charge in [-0.25, -0.2) is 0 Å². The third-order valence-corrected chi connectivity index (χ3v) is 8.36. The molecule has 0 saturated carbocycles. The molecule has 0 radical (unpaired) electrons. The number of rotatable bonds is 2. The van der Waals surface area contributed by atoms with Crippen LogP contribution in [-0.4, -0.2) is 4.57 Å². The smallest absolute Gasteiger partial charge is 0.135 e. The maximum absolute atomic E-state index is 6.20. The number of para-hydroxylation sites is 3. The Morgan fingerprint density at radius 3 is 2.10 bits per heavy atom. The van der Waals surface area contributed by atoms with Crippen LogP contribution in [0.3, 0.4) is 0 Å². The van der Waals surface area contributed by atoms with Crippen molar-refractivity contribution >= 4 is 49.9 Å². The second-order valence-electron chi connectivity index (χ2n) is 10.6. The predicted octanol–water partition coefficient (Wildman–Crippen LogP) is 10.6. The van der Waals surface area contributed by atoms with E-state index in [2.05, 4.69) is 143 Å². The average Bonchev–Trinajstić information content (AvgIpc) is 3.60. The van der Waals surface area contributed by atoms with E-state index in [0.29, 0.717) is 0 Å². The topological polar surface area (TPSA) is 21.3 Å². The summed E-state index contributed by atoms with van der Waals surface area (Å²) >= 11 is 0. The van der Waals surface area contributed by atoms with Crippen LogP contribution in [0.2, 0.25) is 0 Å². The summed E-state index contributed by atoms with van der Waals surface area (Å²) in [4.78, 5) is 2.42. The average molecular weight is 525 g/mol. The molecule has 0 N–H and O–H groups in total. The molecule has 3 nitrogen and oxygen atoms in total. The molecule has 3 heterocycles. The number of aromatic nitrogens is 1. The number of furan rings is 1. The van der Waals surface area contributed by atoms with Gasteiger partial charge >= 0.3 is 0 Å². The third-order valence-electron chi connectivity index (χ3n) is 8.36. The maximum atomic E-state index is 6.20. The Morgan fingerprint density at radius 2 is 1.20 bits per heavy atom. The van der Waals surface area contributed by atoms with Crippen molar-refractivity contribution < 1.29 is 4.42 Å². The van der Waals surface area contributed by atoms with E-state index in [1.807, 2.05) is 12.1 Å². The third kappa shape index (κ3) is 3.20. The minimum atomic E-state index is 0.898. The van der Waals surface area contributed by atoms with Crippen LogP contribution in [0.4, 0.5) is 17.1 Å². The molecule has 8 aromatic rings. The predicted molar refractivity (Wildman–Crippen MR) is 170 cm³/mol. The molecule has 6 aromatic carbocycles. The lowest BCUT2D eigenvalue weighted by atomic mass is 9.93. The van der Waals surface area contributed by atoms with E-state index in [4.69, 9.17) is 4.42 Å². The van der Waals surface area contributed by atoms with Gasteiger partial charge in [0.05, 0.1) is 16.9 Å². The number of nitrogens with zero attached hydrogens (tertiary/aromatic N) is 2. The summed E-state index contributed by atoms with van der Waals surface area (Å²) in [7, 11) is 0. The standard InChI is InChI=1S/C38H24N2O/c1-2-10-26(11-3-1)39-23-22-25-18-20-34-37(38(25)39)31-15-5-4-12-28(31)29-13-6-8-16-33(29)40(34)27-19-21-36-32(24-27)30-14-7-9-17-35(30)41-36/h1-24H. The fourth-order valence-electron chi connectivity index (χ4n) is 6.57. The Kier molecular flexibility index (Phi) is 4.61. The zero-order chi connectivity index (χ0) is 26.9. The van der Waals surface area contributed by atoms with Gasteiger partial charge in [-0.3, -0.25) is 0 Å². The first-order valence-corrected chi connectivity index (χ1v) is 13.9. The Hall–Kier alpha value is -5.54. The van der Waals surface area contributed by atoms with Gasteiger partial charge in [-0.2, -0.15) is 0 Å². The van der Waals surface area contributed by atoms with Gasteiger partial charge in [0.15, 0.2) is 0 Å². The highest BCUT2D eigenvalue weighted by Crippen LogP contribution is 2.53. The fourth-order valence-corrected chi connectivity index (χ4v) is 6.57. The molecule has 41 heavy (non-hydrogen) atoms. The van der Waals surface area contributed by atoms with E-state index >= 15 is 0 Å². The van der Waals surface area contributed by atoms with Crippen molar-refractivity contribution in [2.24, 2.45) is 0 Å². The van der Waals surface area contributed by atoms with Crippen LogP contribution < -0.4 is 4.90 Å². The molecule has 0 fully saturated rings. The van der Waals surface area contributed by atoms with Gasteiger partial charge in [-0.05, 0) is 65.7 Å². The van der Waals surface area contributed by atoms with E-state index in [9.17, 15) is 0 Å². The summed E-state index contributed by atoms with van der Waals surface area (Å²) in [6, 6.07) is 49.8. The second kappa shape index (κ2) is 8.48. The monoisotopic (exact) mass is 524 g/mol. The van der Waals surface area contributed by atoms with Crippen LogP contribution in [0.15, 0.2) is 150 Å². The first kappa shape index (κ1) is 22.3. The van der Waals surface area contributed by atoms with Crippen molar-refractivity contribution in [1.82, 2.24) is 4.57 Å². The summed E-state index contributed by atoms with van der Waals surface area (Å²) < 4.78 is 8.52. The Balaban J connectivity index is 1.42. The van der Waals surface area contributed by atoms with Gasteiger partial charge in [-0.1, -0.05) is 84.9 Å². The number of hydrogen-bond acceptors (Lipinski definition) is 2. The van der Waals surface area contributed by atoms with Gasteiger partial charge in [0.25, 0.3) is 0 Å². The minimum Gasteiger partial charge on any atom is -0.456 e. The lowest BCUT2D eigenvalue weighted by Crippen LogP contribution is -2.11. The SMILES string of the molecule is c1ccc(-n2ccc3ccc4c(c32)-c2ccccc2-c2ccccc2N4c2ccc3oc4ccccc4c3c2)cc1. The molecule has 0 unspecified atom stereocenters. The normalized spacial score (nSPS) is 12.3. The molecule has 192 valence electrons. The first-order chi connectivity index (χ1) is 20.3. The first-order valence-electron chi connectivity index (χ1n) is 13.9. The number of hydrogen-bond donors (Lipinski definition) is 0. The van der Waals surface area contributed by atoms with Crippen LogP contribution in [0.25, 0.3) is 60.8 Å². The zero-order valence-electron chi connectivity index (χ0n) is 22.2. The Morgan fingerprint density at radius 1 is 0.463 bits per heavy atom. The molecular formula is C38H24N2O. The molecular weight excluding hydrogens is 500 g/mol. The summed E-state index contributed by atoms with van der Waals surface area (Å²) in [6.45, 7) is 0. The summed E-state index contributed by atoms with van der Waals surface area (Å²) in [5, 5.41) is 3.46. The van der Waals surface area contributed by atoms with E-state index in [-0.39, 0.29) is 0 Å². The van der Waals surface area contributed by atoms with Crippen molar-refractivity contribution in [3.8, 4) is 27.9 Å². The van der Waals surface area contributed by atoms with Gasteiger partial charge in [0.2, 0.25) is 0 Å². The molecule has 0 spiro atoms. The van der Waals surface area contributed by atoms with Crippen LogP contribution in [0.5, 0.6) is 0 Å². The molecule has 0 atom stereocenters. The fraction of sp³-hybridized carbons (Fsp3) is 0. The molecule has 0 aliphatic carbocycles. The maximum Gasteiger partial charge on any atom is 0.135 e. The summed E-state index contributed by atoms with van der Waals surface area (Å²) in [5.41, 5.74) is 12.5. The molecule has 0 amide bonds. The van der Waals surface area contributed by atoms with E-state index in [1.54, 1.807) is 0 Å². The molecule has 3 heteroatoms. The summed E-state index contributed by atoms with van der Waals surface area (Å²) in [5.74, 6) is 0. The number of fused-ring (bicyclic) bond motifs is 10. The lowest BCUT2D eigenvalue weighted by Gasteiger charge is -2.28. The highest BCUT2D eigenvalue weighted by Gasteiger charge is 2.28. The summed E-state index contributed by atoms with van der Waals surface area (Å²) in [6.07, 6.45) is 2.19. The molecule has 0 saturated heterocycles. The van der Waals surface area contributed by atoms with Gasteiger partial charge in [0.1, 0.15) is 11.2 Å². The largest absolute Gasteiger partial charge is 0.456 e. The molecule has 0 bridgehead atoms.